The molecule has 4 rings (SSSR count). The van der Waals surface area contributed by atoms with Crippen LogP contribution in [0.1, 0.15) is 5.56 Å². The lowest BCUT2D eigenvalue weighted by Gasteiger charge is -2.05. The van der Waals surface area contributed by atoms with Gasteiger partial charge in [0.25, 0.3) is 0 Å². The number of nitrogen functional groups attached to an aromatic ring is 1. The Bertz CT molecular complexity index is 1110. The third kappa shape index (κ3) is 2.90. The number of pyridine rings is 1. The van der Waals surface area contributed by atoms with Crippen LogP contribution in [-0.2, 0) is 7.05 Å². The Morgan fingerprint density at radius 1 is 1.04 bits per heavy atom. The first-order chi connectivity index (χ1) is 12.6. The number of azo groups is 1. The summed E-state index contributed by atoms with van der Waals surface area (Å²) in [4.78, 5) is 4.21. The van der Waals surface area contributed by atoms with Crippen molar-refractivity contribution in [1.82, 2.24) is 19.7 Å². The van der Waals surface area contributed by atoms with E-state index < -0.39 is 0 Å². The van der Waals surface area contributed by atoms with Crippen LogP contribution in [0.15, 0.2) is 65.2 Å². The van der Waals surface area contributed by atoms with Crippen LogP contribution in [0.25, 0.3) is 22.2 Å². The fraction of sp³-hybridized carbons (Fsp3) is 0.105. The lowest BCUT2D eigenvalue weighted by Crippen LogP contribution is -1.91. The second kappa shape index (κ2) is 6.36. The highest BCUT2D eigenvalue weighted by Gasteiger charge is 2.07. The topological polar surface area (TPSA) is 94.3 Å². The highest BCUT2D eigenvalue weighted by Crippen LogP contribution is 2.32. The second-order valence-electron chi connectivity index (χ2n) is 6.10. The average Bonchev–Trinajstić information content (AvgIpc) is 3.07. The molecule has 0 unspecified atom stereocenters. The second-order valence-corrected chi connectivity index (χ2v) is 6.10. The smallest absolute Gasteiger partial charge is 0.163 e. The molecule has 7 heteroatoms. The van der Waals surface area contributed by atoms with Gasteiger partial charge in [-0.3, -0.25) is 0 Å². The van der Waals surface area contributed by atoms with Gasteiger partial charge in [-0.1, -0.05) is 17.7 Å². The molecular weight excluding hydrogens is 326 g/mol. The van der Waals surface area contributed by atoms with Crippen LogP contribution in [0.3, 0.4) is 0 Å². The molecular formula is C19H17N7. The Morgan fingerprint density at radius 3 is 2.58 bits per heavy atom. The van der Waals surface area contributed by atoms with Crippen molar-refractivity contribution >= 4 is 28.0 Å². The van der Waals surface area contributed by atoms with Crippen LogP contribution < -0.4 is 5.73 Å². The first kappa shape index (κ1) is 15.9. The fourth-order valence-corrected chi connectivity index (χ4v) is 2.76. The Morgan fingerprint density at radius 2 is 1.85 bits per heavy atom. The first-order valence-electron chi connectivity index (χ1n) is 8.13. The number of nitrogens with zero attached hydrogens (tertiary/aromatic N) is 6. The molecule has 0 spiro atoms. The minimum Gasteiger partial charge on any atom is -0.382 e. The van der Waals surface area contributed by atoms with Gasteiger partial charge in [-0.15, -0.1) is 15.3 Å². The Balaban J connectivity index is 1.68. The maximum atomic E-state index is 6.02. The molecule has 2 heterocycles. The summed E-state index contributed by atoms with van der Waals surface area (Å²) in [6.07, 6.45) is 3.42. The van der Waals surface area contributed by atoms with Crippen LogP contribution >= 0.6 is 0 Å². The standard InChI is InChI=1S/C19H17N7/c1-12-3-4-14-10-21-18(20)17(16(14)9-12)24-23-15-7-5-13(6-8-15)19-25-22-11-26(19)2/h3-11H,1-2H3,(H2,20,21). The van der Waals surface area contributed by atoms with Gasteiger partial charge < -0.3 is 10.3 Å². The number of rotatable bonds is 3. The zero-order valence-corrected chi connectivity index (χ0v) is 14.5. The SMILES string of the molecule is Cc1ccc2cnc(N)c(N=Nc3ccc(-c4nncn4C)cc3)c2c1. The van der Waals surface area contributed by atoms with E-state index in [2.05, 4.69) is 25.4 Å². The molecule has 0 saturated carbocycles. The molecule has 2 aromatic carbocycles. The Labute approximate surface area is 150 Å². The predicted octanol–water partition coefficient (Wildman–Crippen LogP) is 4.34. The zero-order chi connectivity index (χ0) is 18.1. The molecule has 0 bridgehead atoms. The normalized spacial score (nSPS) is 11.5. The van der Waals surface area contributed by atoms with Gasteiger partial charge in [0, 0.05) is 29.6 Å². The van der Waals surface area contributed by atoms with Gasteiger partial charge in [0.1, 0.15) is 12.0 Å². The summed E-state index contributed by atoms with van der Waals surface area (Å²) in [7, 11) is 1.90. The molecule has 7 nitrogen and oxygen atoms in total. The van der Waals surface area contributed by atoms with E-state index in [1.165, 1.54) is 0 Å². The van der Waals surface area contributed by atoms with Crippen molar-refractivity contribution in [1.29, 1.82) is 0 Å². The van der Waals surface area contributed by atoms with Crippen LogP contribution in [0.2, 0.25) is 0 Å². The summed E-state index contributed by atoms with van der Waals surface area (Å²) < 4.78 is 1.86. The first-order valence-corrected chi connectivity index (χ1v) is 8.13. The van der Waals surface area contributed by atoms with Gasteiger partial charge in [0.15, 0.2) is 11.6 Å². The summed E-state index contributed by atoms with van der Waals surface area (Å²) in [5, 5.41) is 18.6. The quantitative estimate of drug-likeness (QED) is 0.560. The molecule has 128 valence electrons. The Hall–Kier alpha value is -3.61. The minimum atomic E-state index is 0.363. The zero-order valence-electron chi connectivity index (χ0n) is 14.5. The molecule has 0 aliphatic heterocycles. The van der Waals surface area contributed by atoms with Gasteiger partial charge in [-0.25, -0.2) is 4.98 Å². The predicted molar refractivity (Wildman–Crippen MR) is 102 cm³/mol. The van der Waals surface area contributed by atoms with Crippen molar-refractivity contribution in [2.24, 2.45) is 17.3 Å². The van der Waals surface area contributed by atoms with E-state index in [1.54, 1.807) is 12.5 Å². The largest absolute Gasteiger partial charge is 0.382 e. The minimum absolute atomic E-state index is 0.363. The van der Waals surface area contributed by atoms with Crippen molar-refractivity contribution in [2.45, 2.75) is 6.92 Å². The van der Waals surface area contributed by atoms with Crippen molar-refractivity contribution in [2.75, 3.05) is 5.73 Å². The molecule has 2 aromatic heterocycles. The summed E-state index contributed by atoms with van der Waals surface area (Å²) in [5.41, 5.74) is 9.43. The lowest BCUT2D eigenvalue weighted by atomic mass is 10.1. The number of fused-ring (bicyclic) bond motifs is 1. The van der Waals surface area contributed by atoms with Gasteiger partial charge in [-0.2, -0.15) is 5.11 Å². The monoisotopic (exact) mass is 343 g/mol. The molecule has 0 saturated heterocycles. The molecule has 0 atom stereocenters. The number of hydrogen-bond acceptors (Lipinski definition) is 6. The van der Waals surface area contributed by atoms with E-state index in [1.807, 2.05) is 61.0 Å². The van der Waals surface area contributed by atoms with Crippen molar-refractivity contribution in [3.63, 3.8) is 0 Å². The van der Waals surface area contributed by atoms with Crippen LogP contribution in [0.5, 0.6) is 0 Å². The van der Waals surface area contributed by atoms with Crippen LogP contribution in [0, 0.1) is 6.92 Å². The molecule has 0 aliphatic rings. The van der Waals surface area contributed by atoms with Gasteiger partial charge in [-0.05, 0) is 37.3 Å². The fourth-order valence-electron chi connectivity index (χ4n) is 2.76. The molecule has 2 N–H and O–H groups in total. The molecule has 26 heavy (non-hydrogen) atoms. The lowest BCUT2D eigenvalue weighted by molar-refractivity contribution is 0.920. The molecule has 0 amide bonds. The average molecular weight is 343 g/mol. The van der Waals surface area contributed by atoms with E-state index in [4.69, 9.17) is 5.73 Å². The van der Waals surface area contributed by atoms with E-state index in [0.717, 1.165) is 33.4 Å². The van der Waals surface area contributed by atoms with Crippen molar-refractivity contribution < 1.29 is 0 Å². The number of anilines is 1. The number of aromatic nitrogens is 4. The number of benzene rings is 2. The number of nitrogens with two attached hydrogens (primary N) is 1. The van der Waals surface area contributed by atoms with E-state index in [-0.39, 0.29) is 0 Å². The van der Waals surface area contributed by atoms with Crippen LogP contribution in [0.4, 0.5) is 17.2 Å². The summed E-state index contributed by atoms with van der Waals surface area (Å²) >= 11 is 0. The third-order valence-electron chi connectivity index (χ3n) is 4.15. The summed E-state index contributed by atoms with van der Waals surface area (Å²) in [5.74, 6) is 1.16. The number of hydrogen-bond donors (Lipinski definition) is 1. The summed E-state index contributed by atoms with van der Waals surface area (Å²) in [6, 6.07) is 13.7. The highest BCUT2D eigenvalue weighted by atomic mass is 15.2. The Kier molecular flexibility index (Phi) is 3.89. The van der Waals surface area contributed by atoms with Crippen molar-refractivity contribution in [3.05, 3.63) is 60.6 Å². The van der Waals surface area contributed by atoms with E-state index in [0.29, 0.717) is 11.5 Å². The molecule has 4 aromatic rings. The number of aryl methyl sites for hydroxylation is 2. The van der Waals surface area contributed by atoms with E-state index in [9.17, 15) is 0 Å². The third-order valence-corrected chi connectivity index (χ3v) is 4.15. The molecule has 0 radical (unpaired) electrons. The van der Waals surface area contributed by atoms with Gasteiger partial charge >= 0.3 is 0 Å². The van der Waals surface area contributed by atoms with Gasteiger partial charge in [0.05, 0.1) is 5.69 Å². The van der Waals surface area contributed by atoms with E-state index >= 15 is 0 Å². The molecule has 0 aliphatic carbocycles. The molecule has 0 fully saturated rings. The highest BCUT2D eigenvalue weighted by molar-refractivity contribution is 5.96. The van der Waals surface area contributed by atoms with Crippen molar-refractivity contribution in [3.8, 4) is 11.4 Å². The maximum Gasteiger partial charge on any atom is 0.163 e. The maximum absolute atomic E-state index is 6.02. The summed E-state index contributed by atoms with van der Waals surface area (Å²) in [6.45, 7) is 2.03. The van der Waals surface area contributed by atoms with Crippen LogP contribution in [-0.4, -0.2) is 19.7 Å². The van der Waals surface area contributed by atoms with Gasteiger partial charge in [0.2, 0.25) is 0 Å².